The number of nitrogens with one attached hydrogen (secondary N) is 2. The van der Waals surface area contributed by atoms with Crippen LogP contribution in [-0.4, -0.2) is 24.8 Å². The van der Waals surface area contributed by atoms with E-state index in [0.29, 0.717) is 25.3 Å². The molecule has 2 rings (SSSR count). The summed E-state index contributed by atoms with van der Waals surface area (Å²) in [6.07, 6.45) is 0.983. The number of halogens is 1. The lowest BCUT2D eigenvalue weighted by Crippen LogP contribution is -2.55. The van der Waals surface area contributed by atoms with Crippen LogP contribution in [0.25, 0.3) is 0 Å². The summed E-state index contributed by atoms with van der Waals surface area (Å²) in [4.78, 5) is 11.0. The molecule has 2 aliphatic heterocycles. The standard InChI is InChI=1S/C8H13FN2O/c9-7-3-6-5(4-10-7)1-2-8(12)11-6/h5-7,10H,1-4H2,(H,11,12). The normalized spacial score (nSPS) is 41.8. The van der Waals surface area contributed by atoms with Crippen molar-refractivity contribution in [3.8, 4) is 0 Å². The van der Waals surface area contributed by atoms with Gasteiger partial charge in [0.05, 0.1) is 0 Å². The van der Waals surface area contributed by atoms with Crippen molar-refractivity contribution in [1.29, 1.82) is 0 Å². The Hall–Kier alpha value is -0.640. The highest BCUT2D eigenvalue weighted by atomic mass is 19.1. The van der Waals surface area contributed by atoms with Gasteiger partial charge < -0.3 is 5.32 Å². The maximum absolute atomic E-state index is 12.8. The minimum Gasteiger partial charge on any atom is -0.353 e. The Kier molecular flexibility index (Phi) is 2.00. The predicted molar refractivity (Wildman–Crippen MR) is 42.2 cm³/mol. The van der Waals surface area contributed by atoms with Crippen LogP contribution < -0.4 is 10.6 Å². The zero-order valence-corrected chi connectivity index (χ0v) is 6.85. The van der Waals surface area contributed by atoms with E-state index in [1.807, 2.05) is 0 Å². The molecule has 0 spiro atoms. The molecule has 0 saturated carbocycles. The number of piperidine rings is 2. The van der Waals surface area contributed by atoms with Gasteiger partial charge in [-0.25, -0.2) is 4.39 Å². The quantitative estimate of drug-likeness (QED) is 0.511. The molecular weight excluding hydrogens is 159 g/mol. The van der Waals surface area contributed by atoms with Gasteiger partial charge in [0.1, 0.15) is 0 Å². The lowest BCUT2D eigenvalue weighted by atomic mass is 9.86. The molecule has 0 aromatic carbocycles. The van der Waals surface area contributed by atoms with Crippen molar-refractivity contribution < 1.29 is 9.18 Å². The van der Waals surface area contributed by atoms with Crippen LogP contribution in [0.1, 0.15) is 19.3 Å². The fraction of sp³-hybridized carbons (Fsp3) is 0.875. The highest BCUT2D eigenvalue weighted by Gasteiger charge is 2.34. The zero-order chi connectivity index (χ0) is 8.55. The Bertz CT molecular complexity index is 197. The van der Waals surface area contributed by atoms with Crippen LogP contribution in [0.4, 0.5) is 4.39 Å². The molecule has 3 atom stereocenters. The first-order valence-corrected chi connectivity index (χ1v) is 4.42. The molecule has 1 amide bonds. The number of hydrogen-bond donors (Lipinski definition) is 2. The highest BCUT2D eigenvalue weighted by Crippen LogP contribution is 2.23. The van der Waals surface area contributed by atoms with E-state index in [0.717, 1.165) is 6.42 Å². The van der Waals surface area contributed by atoms with E-state index >= 15 is 0 Å². The first-order chi connectivity index (χ1) is 5.75. The van der Waals surface area contributed by atoms with Gasteiger partial charge in [0.25, 0.3) is 0 Å². The van der Waals surface area contributed by atoms with Gasteiger partial charge in [-0.1, -0.05) is 0 Å². The molecule has 0 aromatic heterocycles. The molecule has 2 aliphatic rings. The summed E-state index contributed by atoms with van der Waals surface area (Å²) in [6, 6.07) is 0.0718. The third kappa shape index (κ3) is 1.43. The molecular formula is C8H13FN2O. The minimum atomic E-state index is -0.940. The number of fused-ring (bicyclic) bond motifs is 1. The van der Waals surface area contributed by atoms with E-state index in [2.05, 4.69) is 10.6 Å². The molecule has 2 fully saturated rings. The molecule has 2 saturated heterocycles. The molecule has 0 aliphatic carbocycles. The van der Waals surface area contributed by atoms with Crippen molar-refractivity contribution in [2.24, 2.45) is 5.92 Å². The second-order valence-corrected chi connectivity index (χ2v) is 3.58. The Morgan fingerprint density at radius 3 is 3.17 bits per heavy atom. The summed E-state index contributed by atoms with van der Waals surface area (Å²) in [5.74, 6) is 0.514. The largest absolute Gasteiger partial charge is 0.353 e. The molecule has 0 radical (unpaired) electrons. The summed E-state index contributed by atoms with van der Waals surface area (Å²) in [6.45, 7) is 0.701. The Balaban J connectivity index is 1.99. The van der Waals surface area contributed by atoms with Crippen LogP contribution in [0, 0.1) is 5.92 Å². The summed E-state index contributed by atoms with van der Waals surface area (Å²) < 4.78 is 12.8. The smallest absolute Gasteiger partial charge is 0.220 e. The topological polar surface area (TPSA) is 41.1 Å². The zero-order valence-electron chi connectivity index (χ0n) is 6.85. The molecule has 12 heavy (non-hydrogen) atoms. The molecule has 2 heterocycles. The lowest BCUT2D eigenvalue weighted by molar-refractivity contribution is -0.125. The lowest BCUT2D eigenvalue weighted by Gasteiger charge is -2.37. The molecule has 3 unspecified atom stereocenters. The molecule has 0 aromatic rings. The predicted octanol–water partition coefficient (Wildman–Crippen LogP) is 0.170. The van der Waals surface area contributed by atoms with Crippen LogP contribution in [0.15, 0.2) is 0 Å². The first-order valence-electron chi connectivity index (χ1n) is 4.42. The third-order valence-electron chi connectivity index (χ3n) is 2.72. The van der Waals surface area contributed by atoms with Crippen molar-refractivity contribution in [3.63, 3.8) is 0 Å². The summed E-state index contributed by atoms with van der Waals surface area (Å²) in [5.41, 5.74) is 0. The Labute approximate surface area is 70.7 Å². The van der Waals surface area contributed by atoms with Crippen LogP contribution in [0.2, 0.25) is 0 Å². The highest BCUT2D eigenvalue weighted by molar-refractivity contribution is 5.77. The number of alkyl halides is 1. The van der Waals surface area contributed by atoms with Gasteiger partial charge in [-0.3, -0.25) is 10.1 Å². The van der Waals surface area contributed by atoms with E-state index in [-0.39, 0.29) is 11.9 Å². The van der Waals surface area contributed by atoms with Crippen LogP contribution in [0.5, 0.6) is 0 Å². The van der Waals surface area contributed by atoms with Gasteiger partial charge in [-0.05, 0) is 12.3 Å². The van der Waals surface area contributed by atoms with E-state index in [9.17, 15) is 9.18 Å². The molecule has 3 nitrogen and oxygen atoms in total. The number of hydrogen-bond acceptors (Lipinski definition) is 2. The van der Waals surface area contributed by atoms with Crippen LogP contribution >= 0.6 is 0 Å². The molecule has 4 heteroatoms. The average molecular weight is 172 g/mol. The van der Waals surface area contributed by atoms with Crippen LogP contribution in [-0.2, 0) is 4.79 Å². The fourth-order valence-electron chi connectivity index (χ4n) is 2.00. The summed E-state index contributed by atoms with van der Waals surface area (Å²) in [5, 5.41) is 5.61. The Morgan fingerprint density at radius 2 is 2.33 bits per heavy atom. The maximum atomic E-state index is 12.8. The van der Waals surface area contributed by atoms with Crippen molar-refractivity contribution >= 4 is 5.91 Å². The minimum absolute atomic E-state index is 0.0718. The van der Waals surface area contributed by atoms with E-state index in [4.69, 9.17) is 0 Å². The second-order valence-electron chi connectivity index (χ2n) is 3.58. The number of rotatable bonds is 0. The van der Waals surface area contributed by atoms with Crippen molar-refractivity contribution in [1.82, 2.24) is 10.6 Å². The van der Waals surface area contributed by atoms with Crippen molar-refractivity contribution in [2.75, 3.05) is 6.54 Å². The van der Waals surface area contributed by atoms with Crippen molar-refractivity contribution in [3.05, 3.63) is 0 Å². The summed E-state index contributed by atoms with van der Waals surface area (Å²) >= 11 is 0. The van der Waals surface area contributed by atoms with E-state index in [1.165, 1.54) is 0 Å². The molecule has 68 valence electrons. The summed E-state index contributed by atoms with van der Waals surface area (Å²) in [7, 11) is 0. The van der Waals surface area contributed by atoms with Crippen LogP contribution in [0.3, 0.4) is 0 Å². The third-order valence-corrected chi connectivity index (χ3v) is 2.72. The number of carbonyl (C=O) groups is 1. The van der Waals surface area contributed by atoms with Gasteiger partial charge >= 0.3 is 0 Å². The molecule has 2 N–H and O–H groups in total. The van der Waals surface area contributed by atoms with E-state index < -0.39 is 6.30 Å². The maximum Gasteiger partial charge on any atom is 0.220 e. The van der Waals surface area contributed by atoms with Gasteiger partial charge in [0.2, 0.25) is 5.91 Å². The monoisotopic (exact) mass is 172 g/mol. The molecule has 0 bridgehead atoms. The van der Waals surface area contributed by atoms with Crippen molar-refractivity contribution in [2.45, 2.75) is 31.6 Å². The van der Waals surface area contributed by atoms with Gasteiger partial charge in [0, 0.05) is 25.4 Å². The van der Waals surface area contributed by atoms with E-state index in [1.54, 1.807) is 0 Å². The van der Waals surface area contributed by atoms with Gasteiger partial charge in [-0.15, -0.1) is 0 Å². The SMILES string of the molecule is O=C1CCC2CNC(F)CC2N1. The Morgan fingerprint density at radius 1 is 1.50 bits per heavy atom. The number of carbonyl (C=O) groups excluding carboxylic acids is 1. The number of amides is 1. The second kappa shape index (κ2) is 3.01. The average Bonchev–Trinajstić information content (AvgIpc) is 2.03. The van der Waals surface area contributed by atoms with Gasteiger partial charge in [-0.2, -0.15) is 0 Å². The first kappa shape index (κ1) is 7.98. The van der Waals surface area contributed by atoms with Gasteiger partial charge in [0.15, 0.2) is 6.30 Å². The fourth-order valence-corrected chi connectivity index (χ4v) is 2.00.